The fourth-order valence-corrected chi connectivity index (χ4v) is 1.25. The maximum Gasteiger partial charge on any atom is 0.132 e. The lowest BCUT2D eigenvalue weighted by Crippen LogP contribution is -2.00. The van der Waals surface area contributed by atoms with Gasteiger partial charge in [0.25, 0.3) is 0 Å². The summed E-state index contributed by atoms with van der Waals surface area (Å²) in [5, 5.41) is 0. The molecule has 14 heavy (non-hydrogen) atoms. The Hall–Kier alpha value is -0.670. The van der Waals surface area contributed by atoms with E-state index in [9.17, 15) is 4.79 Å². The van der Waals surface area contributed by atoms with Crippen molar-refractivity contribution in [2.24, 2.45) is 0 Å². The maximum atomic E-state index is 10.6. The largest absolute Gasteiger partial charge is 0.376 e. The minimum Gasteiger partial charge on any atom is -0.376 e. The summed E-state index contributed by atoms with van der Waals surface area (Å²) in [7, 11) is 0. The number of ketones is 1. The summed E-state index contributed by atoms with van der Waals surface area (Å²) in [4.78, 5) is 10.6. The third-order valence-corrected chi connectivity index (χ3v) is 2.31. The van der Waals surface area contributed by atoms with Crippen LogP contribution in [0.25, 0.3) is 0 Å². The van der Waals surface area contributed by atoms with Gasteiger partial charge in [-0.15, -0.1) is 0 Å². The molecular weight excluding hydrogens is 244 g/mol. The molecular formula is C11H13BrO2. The lowest BCUT2D eigenvalue weighted by molar-refractivity contribution is -0.118. The van der Waals surface area contributed by atoms with E-state index in [2.05, 4.69) is 15.9 Å². The van der Waals surface area contributed by atoms with E-state index in [-0.39, 0.29) is 5.78 Å². The van der Waals surface area contributed by atoms with Crippen molar-refractivity contribution >= 4 is 21.7 Å². The van der Waals surface area contributed by atoms with Crippen molar-refractivity contribution < 1.29 is 9.53 Å². The minimum absolute atomic E-state index is 0.167. The van der Waals surface area contributed by atoms with E-state index in [1.54, 1.807) is 6.92 Å². The van der Waals surface area contributed by atoms with Gasteiger partial charge in [0, 0.05) is 10.9 Å². The number of carbonyl (C=O) groups excluding carboxylic acids is 1. The van der Waals surface area contributed by atoms with Crippen LogP contribution in [0.3, 0.4) is 0 Å². The summed E-state index contributed by atoms with van der Waals surface area (Å²) in [6, 6.07) is 7.95. The molecule has 0 aliphatic heterocycles. The van der Waals surface area contributed by atoms with Crippen molar-refractivity contribution in [2.45, 2.75) is 20.0 Å². The smallest absolute Gasteiger partial charge is 0.132 e. The van der Waals surface area contributed by atoms with E-state index < -0.39 is 0 Å². The molecule has 0 atom stereocenters. The van der Waals surface area contributed by atoms with Crippen LogP contribution in [0.2, 0.25) is 0 Å². The van der Waals surface area contributed by atoms with Gasteiger partial charge in [-0.25, -0.2) is 0 Å². The van der Waals surface area contributed by atoms with Crippen LogP contribution in [0, 0.1) is 0 Å². The van der Waals surface area contributed by atoms with Gasteiger partial charge in [0.15, 0.2) is 0 Å². The molecule has 0 aliphatic rings. The van der Waals surface area contributed by atoms with Gasteiger partial charge in [-0.1, -0.05) is 28.1 Å². The molecule has 1 aromatic rings. The Bertz CT molecular complexity index is 293. The molecule has 3 heteroatoms. The van der Waals surface area contributed by atoms with Crippen LogP contribution in [0.4, 0.5) is 0 Å². The molecule has 0 saturated heterocycles. The van der Waals surface area contributed by atoms with Gasteiger partial charge in [-0.3, -0.25) is 4.79 Å². The highest BCUT2D eigenvalue weighted by Crippen LogP contribution is 2.11. The number of halogens is 1. The third-order valence-electron chi connectivity index (χ3n) is 1.78. The van der Waals surface area contributed by atoms with E-state index in [4.69, 9.17) is 4.74 Å². The Labute approximate surface area is 92.4 Å². The van der Waals surface area contributed by atoms with Crippen molar-refractivity contribution in [1.82, 2.24) is 0 Å². The van der Waals surface area contributed by atoms with Crippen LogP contribution in [0.15, 0.2) is 28.7 Å². The van der Waals surface area contributed by atoms with Gasteiger partial charge < -0.3 is 4.74 Å². The monoisotopic (exact) mass is 256 g/mol. The summed E-state index contributed by atoms with van der Waals surface area (Å²) < 4.78 is 6.39. The molecule has 2 nitrogen and oxygen atoms in total. The lowest BCUT2D eigenvalue weighted by atomic mass is 10.2. The second-order valence-electron chi connectivity index (χ2n) is 3.13. The Morgan fingerprint density at radius 3 is 2.57 bits per heavy atom. The third kappa shape index (κ3) is 4.53. The molecule has 0 heterocycles. The topological polar surface area (TPSA) is 26.3 Å². The molecule has 0 amide bonds. The molecule has 1 rings (SSSR count). The van der Waals surface area contributed by atoms with E-state index >= 15 is 0 Å². The highest BCUT2D eigenvalue weighted by molar-refractivity contribution is 9.10. The number of Topliss-reactive ketones (excluding diaryl/α,β-unsaturated/α-hetero) is 1. The SMILES string of the molecule is CC(=O)CCOCc1ccc(Br)cc1. The van der Waals surface area contributed by atoms with E-state index in [1.165, 1.54) is 0 Å². The standard InChI is InChI=1S/C11H13BrO2/c1-9(13)6-7-14-8-10-2-4-11(12)5-3-10/h2-5H,6-8H2,1H3. The average Bonchev–Trinajstić information content (AvgIpc) is 2.15. The second kappa shape index (κ2) is 5.94. The zero-order chi connectivity index (χ0) is 10.4. The van der Waals surface area contributed by atoms with Crippen LogP contribution in [0.5, 0.6) is 0 Å². The zero-order valence-electron chi connectivity index (χ0n) is 8.13. The molecule has 0 N–H and O–H groups in total. The van der Waals surface area contributed by atoms with Crippen molar-refractivity contribution in [3.8, 4) is 0 Å². The second-order valence-corrected chi connectivity index (χ2v) is 4.05. The highest BCUT2D eigenvalue weighted by atomic mass is 79.9. The first kappa shape index (κ1) is 11.4. The summed E-state index contributed by atoms with van der Waals surface area (Å²) in [6.45, 7) is 2.65. The van der Waals surface area contributed by atoms with Crippen LogP contribution in [-0.4, -0.2) is 12.4 Å². The predicted octanol–water partition coefficient (Wildman–Crippen LogP) is 2.94. The molecule has 76 valence electrons. The van der Waals surface area contributed by atoms with E-state index in [0.717, 1.165) is 10.0 Å². The number of benzene rings is 1. The van der Waals surface area contributed by atoms with Gasteiger partial charge in [0.05, 0.1) is 13.2 Å². The number of hydrogen-bond acceptors (Lipinski definition) is 2. The van der Waals surface area contributed by atoms with Crippen molar-refractivity contribution in [1.29, 1.82) is 0 Å². The lowest BCUT2D eigenvalue weighted by Gasteiger charge is -2.02. The summed E-state index contributed by atoms with van der Waals surface area (Å²) >= 11 is 3.36. The van der Waals surface area contributed by atoms with Crippen LogP contribution in [-0.2, 0) is 16.1 Å². The fraction of sp³-hybridized carbons (Fsp3) is 0.364. The zero-order valence-corrected chi connectivity index (χ0v) is 9.71. The molecule has 0 aliphatic carbocycles. The van der Waals surface area contributed by atoms with Gasteiger partial charge in [0.2, 0.25) is 0 Å². The Balaban J connectivity index is 2.25. The molecule has 0 fully saturated rings. The molecule has 0 radical (unpaired) electrons. The first-order chi connectivity index (χ1) is 6.68. The van der Waals surface area contributed by atoms with Crippen molar-refractivity contribution in [2.75, 3.05) is 6.61 Å². The van der Waals surface area contributed by atoms with E-state index in [1.807, 2.05) is 24.3 Å². The maximum absolute atomic E-state index is 10.6. The van der Waals surface area contributed by atoms with Crippen molar-refractivity contribution in [3.63, 3.8) is 0 Å². The Morgan fingerprint density at radius 1 is 1.36 bits per heavy atom. The summed E-state index contributed by atoms with van der Waals surface area (Å²) in [6.07, 6.45) is 0.497. The summed E-state index contributed by atoms with van der Waals surface area (Å²) in [5.74, 6) is 0.167. The molecule has 1 aromatic carbocycles. The van der Waals surface area contributed by atoms with Gasteiger partial charge in [-0.2, -0.15) is 0 Å². The van der Waals surface area contributed by atoms with Crippen LogP contribution in [0.1, 0.15) is 18.9 Å². The number of ether oxygens (including phenoxy) is 1. The number of rotatable bonds is 5. The molecule has 0 aromatic heterocycles. The van der Waals surface area contributed by atoms with Gasteiger partial charge in [-0.05, 0) is 24.6 Å². The number of carbonyl (C=O) groups is 1. The van der Waals surface area contributed by atoms with E-state index in [0.29, 0.717) is 19.6 Å². The van der Waals surface area contributed by atoms with Crippen molar-refractivity contribution in [3.05, 3.63) is 34.3 Å². The first-order valence-corrected chi connectivity index (χ1v) is 5.29. The average molecular weight is 257 g/mol. The summed E-state index contributed by atoms with van der Waals surface area (Å²) in [5.41, 5.74) is 1.12. The van der Waals surface area contributed by atoms with Gasteiger partial charge in [0.1, 0.15) is 5.78 Å². The van der Waals surface area contributed by atoms with Crippen LogP contribution < -0.4 is 0 Å². The minimum atomic E-state index is 0.167. The Kier molecular flexibility index (Phi) is 4.84. The molecule has 0 unspecified atom stereocenters. The molecule has 0 saturated carbocycles. The normalized spacial score (nSPS) is 10.1. The van der Waals surface area contributed by atoms with Crippen LogP contribution >= 0.6 is 15.9 Å². The molecule has 0 bridgehead atoms. The first-order valence-electron chi connectivity index (χ1n) is 4.50. The molecule has 0 spiro atoms. The predicted molar refractivity (Wildman–Crippen MR) is 59.1 cm³/mol. The number of hydrogen-bond donors (Lipinski definition) is 0. The quantitative estimate of drug-likeness (QED) is 0.758. The van der Waals surface area contributed by atoms with Gasteiger partial charge >= 0.3 is 0 Å². The fourth-order valence-electron chi connectivity index (χ4n) is 0.987. The highest BCUT2D eigenvalue weighted by Gasteiger charge is 1.95. The Morgan fingerprint density at radius 2 is 2.00 bits per heavy atom.